The number of carboxylic acid groups (broad SMARTS) is 1. The van der Waals surface area contributed by atoms with Crippen LogP contribution in [0.2, 0.25) is 0 Å². The Morgan fingerprint density at radius 3 is 2.65 bits per heavy atom. The minimum Gasteiger partial charge on any atom is -0.475 e. The fourth-order valence-corrected chi connectivity index (χ4v) is 2.03. The van der Waals surface area contributed by atoms with E-state index >= 15 is 0 Å². The number of benzene rings is 1. The number of aromatic nitrogens is 1. The van der Waals surface area contributed by atoms with Gasteiger partial charge in [0.1, 0.15) is 5.82 Å². The van der Waals surface area contributed by atoms with Gasteiger partial charge in [0.15, 0.2) is 0 Å². The first-order chi connectivity index (χ1) is 9.36. The van der Waals surface area contributed by atoms with Gasteiger partial charge in [0.05, 0.1) is 5.69 Å². The number of carboxylic acids is 1. The summed E-state index contributed by atoms with van der Waals surface area (Å²) in [7, 11) is 0. The monoisotopic (exact) mass is 277 g/mol. The number of carbonyl (C=O) groups is 1. The van der Waals surface area contributed by atoms with E-state index in [0.717, 1.165) is 5.56 Å². The number of hydrogen-bond donors (Lipinski definition) is 1. The molecule has 0 saturated carbocycles. The number of hydrogen-bond acceptors (Lipinski definition) is 3. The average molecular weight is 277 g/mol. The normalized spacial score (nSPS) is 11.1. The topological polar surface area (TPSA) is 63.3 Å². The van der Waals surface area contributed by atoms with Crippen LogP contribution in [0.15, 0.2) is 22.6 Å². The van der Waals surface area contributed by atoms with E-state index in [0.29, 0.717) is 17.7 Å². The van der Waals surface area contributed by atoms with Crippen LogP contribution in [-0.4, -0.2) is 16.1 Å². The molecule has 0 bridgehead atoms. The Labute approximate surface area is 116 Å². The average Bonchev–Trinajstić information content (AvgIpc) is 2.70. The minimum atomic E-state index is -1.16. The number of aromatic carboxylic acids is 1. The molecule has 2 aromatic rings. The highest BCUT2D eigenvalue weighted by Gasteiger charge is 2.21. The van der Waals surface area contributed by atoms with Gasteiger partial charge in [-0.25, -0.2) is 14.2 Å². The molecule has 20 heavy (non-hydrogen) atoms. The molecule has 0 saturated heterocycles. The van der Waals surface area contributed by atoms with Crippen LogP contribution < -0.4 is 0 Å². The summed E-state index contributed by atoms with van der Waals surface area (Å²) < 4.78 is 18.7. The molecule has 0 amide bonds. The van der Waals surface area contributed by atoms with Crippen molar-refractivity contribution in [3.05, 3.63) is 41.0 Å². The van der Waals surface area contributed by atoms with Gasteiger partial charge in [0, 0.05) is 5.56 Å². The molecule has 2 rings (SSSR count). The van der Waals surface area contributed by atoms with Crippen LogP contribution in [0.5, 0.6) is 0 Å². The van der Waals surface area contributed by atoms with Crippen LogP contribution in [0.1, 0.15) is 35.7 Å². The van der Waals surface area contributed by atoms with Crippen LogP contribution in [0.25, 0.3) is 11.5 Å². The summed E-state index contributed by atoms with van der Waals surface area (Å²) in [5.41, 5.74) is 1.56. The summed E-state index contributed by atoms with van der Waals surface area (Å²) in [6.45, 7) is 5.68. The van der Waals surface area contributed by atoms with E-state index in [4.69, 9.17) is 9.52 Å². The second-order valence-electron chi connectivity index (χ2n) is 5.22. The lowest BCUT2D eigenvalue weighted by molar-refractivity contribution is 0.0661. The highest BCUT2D eigenvalue weighted by molar-refractivity contribution is 5.86. The molecule has 0 atom stereocenters. The van der Waals surface area contributed by atoms with Crippen molar-refractivity contribution >= 4 is 5.97 Å². The summed E-state index contributed by atoms with van der Waals surface area (Å²) >= 11 is 0. The van der Waals surface area contributed by atoms with Crippen LogP contribution in [0.4, 0.5) is 4.39 Å². The molecule has 0 fully saturated rings. The lowest BCUT2D eigenvalue weighted by atomic mass is 10.1. The molecular weight excluding hydrogens is 261 g/mol. The van der Waals surface area contributed by atoms with Gasteiger partial charge in [0.25, 0.3) is 0 Å². The molecule has 0 aliphatic rings. The van der Waals surface area contributed by atoms with Crippen LogP contribution in [-0.2, 0) is 6.42 Å². The van der Waals surface area contributed by atoms with E-state index in [2.05, 4.69) is 4.98 Å². The summed E-state index contributed by atoms with van der Waals surface area (Å²) in [6, 6.07) is 4.38. The molecule has 0 unspecified atom stereocenters. The predicted molar refractivity (Wildman–Crippen MR) is 72.1 cm³/mol. The molecule has 4 nitrogen and oxygen atoms in total. The zero-order chi connectivity index (χ0) is 14.9. The first-order valence-electron chi connectivity index (χ1n) is 6.37. The maximum absolute atomic E-state index is 13.4. The molecule has 0 aliphatic carbocycles. The molecular formula is C15H16FNO3. The van der Waals surface area contributed by atoms with Gasteiger partial charge in [-0.3, -0.25) is 0 Å². The standard InChI is InChI=1S/C15H16FNO3/c1-8(2)4-12-13(15(18)19)20-14(17-12)10-5-9(3)6-11(16)7-10/h5-8H,4H2,1-3H3,(H,18,19). The van der Waals surface area contributed by atoms with Gasteiger partial charge in [-0.2, -0.15) is 0 Å². The third-order valence-corrected chi connectivity index (χ3v) is 2.78. The molecule has 106 valence electrons. The van der Waals surface area contributed by atoms with Gasteiger partial charge < -0.3 is 9.52 Å². The Kier molecular flexibility index (Phi) is 3.88. The number of oxazole rings is 1. The predicted octanol–water partition coefficient (Wildman–Crippen LogP) is 3.69. The Hall–Kier alpha value is -2.17. The third-order valence-electron chi connectivity index (χ3n) is 2.78. The number of rotatable bonds is 4. The number of nitrogens with zero attached hydrogens (tertiary/aromatic N) is 1. The molecule has 0 radical (unpaired) electrons. The van der Waals surface area contributed by atoms with Crippen molar-refractivity contribution in [2.45, 2.75) is 27.2 Å². The van der Waals surface area contributed by atoms with Gasteiger partial charge in [-0.1, -0.05) is 13.8 Å². The van der Waals surface area contributed by atoms with Crippen LogP contribution in [0.3, 0.4) is 0 Å². The maximum Gasteiger partial charge on any atom is 0.373 e. The second-order valence-corrected chi connectivity index (χ2v) is 5.22. The van der Waals surface area contributed by atoms with Crippen molar-refractivity contribution in [1.29, 1.82) is 0 Å². The summed E-state index contributed by atoms with van der Waals surface area (Å²) in [4.78, 5) is 15.4. The summed E-state index contributed by atoms with van der Waals surface area (Å²) in [5.74, 6) is -1.34. The van der Waals surface area contributed by atoms with Crippen molar-refractivity contribution in [2.75, 3.05) is 0 Å². The zero-order valence-corrected chi connectivity index (χ0v) is 11.6. The zero-order valence-electron chi connectivity index (χ0n) is 11.6. The van der Waals surface area contributed by atoms with Gasteiger partial charge in [-0.05, 0) is 43.0 Å². The molecule has 1 aromatic heterocycles. The number of aryl methyl sites for hydroxylation is 1. The Morgan fingerprint density at radius 2 is 2.10 bits per heavy atom. The van der Waals surface area contributed by atoms with Crippen molar-refractivity contribution < 1.29 is 18.7 Å². The van der Waals surface area contributed by atoms with Crippen molar-refractivity contribution in [1.82, 2.24) is 4.98 Å². The summed E-state index contributed by atoms with van der Waals surface area (Å²) in [5, 5.41) is 9.14. The van der Waals surface area contributed by atoms with Crippen LogP contribution in [0, 0.1) is 18.7 Å². The second kappa shape index (κ2) is 5.45. The molecule has 5 heteroatoms. The molecule has 1 N–H and O–H groups in total. The van der Waals surface area contributed by atoms with E-state index < -0.39 is 11.8 Å². The summed E-state index contributed by atoms with van der Waals surface area (Å²) in [6.07, 6.45) is 0.499. The largest absolute Gasteiger partial charge is 0.475 e. The smallest absolute Gasteiger partial charge is 0.373 e. The molecule has 0 spiro atoms. The van der Waals surface area contributed by atoms with E-state index in [1.165, 1.54) is 12.1 Å². The van der Waals surface area contributed by atoms with Gasteiger partial charge >= 0.3 is 5.97 Å². The fraction of sp³-hybridized carbons (Fsp3) is 0.333. The lowest BCUT2D eigenvalue weighted by Crippen LogP contribution is -2.03. The van der Waals surface area contributed by atoms with E-state index in [-0.39, 0.29) is 17.6 Å². The first kappa shape index (κ1) is 14.2. The SMILES string of the molecule is Cc1cc(F)cc(-c2nc(CC(C)C)c(C(=O)O)o2)c1. The highest BCUT2D eigenvalue weighted by Crippen LogP contribution is 2.25. The number of halogens is 1. The van der Waals surface area contributed by atoms with Gasteiger partial charge in [0.2, 0.25) is 11.7 Å². The molecule has 0 aliphatic heterocycles. The van der Waals surface area contributed by atoms with Crippen LogP contribution >= 0.6 is 0 Å². The first-order valence-corrected chi connectivity index (χ1v) is 6.37. The van der Waals surface area contributed by atoms with E-state index in [1.807, 2.05) is 13.8 Å². The van der Waals surface area contributed by atoms with E-state index in [9.17, 15) is 9.18 Å². The fourth-order valence-electron chi connectivity index (χ4n) is 2.03. The Bertz CT molecular complexity index is 626. The minimum absolute atomic E-state index is 0.139. The maximum atomic E-state index is 13.4. The Balaban J connectivity index is 2.49. The quantitative estimate of drug-likeness (QED) is 0.925. The molecule has 1 heterocycles. The lowest BCUT2D eigenvalue weighted by Gasteiger charge is -2.00. The Morgan fingerprint density at radius 1 is 1.40 bits per heavy atom. The van der Waals surface area contributed by atoms with Crippen molar-refractivity contribution in [3.8, 4) is 11.5 Å². The van der Waals surface area contributed by atoms with E-state index in [1.54, 1.807) is 13.0 Å². The molecule has 1 aromatic carbocycles. The highest BCUT2D eigenvalue weighted by atomic mass is 19.1. The van der Waals surface area contributed by atoms with Crippen molar-refractivity contribution in [3.63, 3.8) is 0 Å². The third kappa shape index (κ3) is 3.04. The van der Waals surface area contributed by atoms with Crippen molar-refractivity contribution in [2.24, 2.45) is 5.92 Å². The van der Waals surface area contributed by atoms with Gasteiger partial charge in [-0.15, -0.1) is 0 Å².